The molecular weight excluding hydrogens is 260 g/mol. The molecule has 0 atom stereocenters. The van der Waals surface area contributed by atoms with Crippen molar-refractivity contribution in [1.82, 2.24) is 4.90 Å². The molecule has 0 aromatic heterocycles. The highest BCUT2D eigenvalue weighted by atomic mass is 16.2. The number of piperazine rings is 1. The molecule has 3 fully saturated rings. The first-order chi connectivity index (χ1) is 10.3. The number of quaternary nitrogens is 1. The van der Waals surface area contributed by atoms with Crippen LogP contribution < -0.4 is 4.90 Å². The lowest BCUT2D eigenvalue weighted by Gasteiger charge is -2.38. The minimum Gasteiger partial charge on any atom is -0.331 e. The molecule has 21 heavy (non-hydrogen) atoms. The maximum atomic E-state index is 12.4. The molecule has 1 amide bonds. The van der Waals surface area contributed by atoms with Crippen LogP contribution in [-0.2, 0) is 4.79 Å². The van der Waals surface area contributed by atoms with Crippen molar-refractivity contribution in [2.24, 2.45) is 5.92 Å². The van der Waals surface area contributed by atoms with E-state index in [1.165, 1.54) is 70.9 Å². The number of hydrogen-bond donors (Lipinski definition) is 1. The Hall–Kier alpha value is -0.570. The van der Waals surface area contributed by atoms with E-state index >= 15 is 0 Å². The predicted octanol–water partition coefficient (Wildman–Crippen LogP) is 2.02. The van der Waals surface area contributed by atoms with Gasteiger partial charge in [0.15, 0.2) is 0 Å². The predicted molar refractivity (Wildman–Crippen MR) is 85.3 cm³/mol. The SMILES string of the molecule is O=C(CCC1CCCC1)N1CC[NH+](C2CCCCC2)CC1. The summed E-state index contributed by atoms with van der Waals surface area (Å²) in [5, 5.41) is 0. The molecule has 120 valence electrons. The summed E-state index contributed by atoms with van der Waals surface area (Å²) in [4.78, 5) is 16.3. The van der Waals surface area contributed by atoms with Crippen LogP contribution in [0.4, 0.5) is 0 Å². The molecular formula is C18H33N2O+. The summed E-state index contributed by atoms with van der Waals surface area (Å²) in [7, 11) is 0. The molecule has 0 bridgehead atoms. The molecule has 2 saturated carbocycles. The van der Waals surface area contributed by atoms with Gasteiger partial charge < -0.3 is 9.80 Å². The number of rotatable bonds is 4. The fraction of sp³-hybridized carbons (Fsp3) is 0.944. The highest BCUT2D eigenvalue weighted by Gasteiger charge is 2.30. The van der Waals surface area contributed by atoms with Gasteiger partial charge in [-0.3, -0.25) is 4.79 Å². The van der Waals surface area contributed by atoms with Crippen molar-refractivity contribution in [2.45, 2.75) is 76.7 Å². The lowest BCUT2D eigenvalue weighted by molar-refractivity contribution is -0.930. The van der Waals surface area contributed by atoms with Crippen LogP contribution in [0.1, 0.15) is 70.6 Å². The third kappa shape index (κ3) is 4.21. The van der Waals surface area contributed by atoms with Crippen molar-refractivity contribution in [1.29, 1.82) is 0 Å². The second-order valence-electron chi connectivity index (χ2n) is 7.56. The van der Waals surface area contributed by atoms with Crippen molar-refractivity contribution in [3.8, 4) is 0 Å². The molecule has 1 saturated heterocycles. The monoisotopic (exact) mass is 293 g/mol. The van der Waals surface area contributed by atoms with E-state index in [1.54, 1.807) is 4.90 Å². The second-order valence-corrected chi connectivity index (χ2v) is 7.56. The normalized spacial score (nSPS) is 26.4. The molecule has 3 heteroatoms. The number of nitrogens with one attached hydrogen (secondary N) is 1. The van der Waals surface area contributed by atoms with Crippen LogP contribution in [0.15, 0.2) is 0 Å². The molecule has 3 nitrogen and oxygen atoms in total. The van der Waals surface area contributed by atoms with Crippen LogP contribution in [-0.4, -0.2) is 43.0 Å². The van der Waals surface area contributed by atoms with Gasteiger partial charge in [-0.05, 0) is 38.0 Å². The third-order valence-corrected chi connectivity index (χ3v) is 6.18. The third-order valence-electron chi connectivity index (χ3n) is 6.18. The Morgan fingerprint density at radius 1 is 0.905 bits per heavy atom. The summed E-state index contributed by atoms with van der Waals surface area (Å²) in [6, 6.07) is 0.898. The zero-order valence-electron chi connectivity index (χ0n) is 13.6. The molecule has 3 rings (SSSR count). The van der Waals surface area contributed by atoms with E-state index < -0.39 is 0 Å². The molecule has 1 N–H and O–H groups in total. The van der Waals surface area contributed by atoms with Crippen LogP contribution >= 0.6 is 0 Å². The Balaban J connectivity index is 1.37. The van der Waals surface area contributed by atoms with Crippen molar-refractivity contribution in [3.63, 3.8) is 0 Å². The molecule has 0 aromatic carbocycles. The van der Waals surface area contributed by atoms with Crippen LogP contribution in [0.5, 0.6) is 0 Å². The molecule has 0 spiro atoms. The van der Waals surface area contributed by atoms with Gasteiger partial charge in [0.05, 0.1) is 32.2 Å². The van der Waals surface area contributed by atoms with E-state index in [4.69, 9.17) is 0 Å². The Kier molecular flexibility index (Phi) is 5.56. The van der Waals surface area contributed by atoms with Gasteiger partial charge in [0.1, 0.15) is 0 Å². The quantitative estimate of drug-likeness (QED) is 0.843. The highest BCUT2D eigenvalue weighted by Crippen LogP contribution is 2.28. The highest BCUT2D eigenvalue weighted by molar-refractivity contribution is 5.76. The van der Waals surface area contributed by atoms with Gasteiger partial charge in [0, 0.05) is 6.42 Å². The number of nitrogens with zero attached hydrogens (tertiary/aromatic N) is 1. The summed E-state index contributed by atoms with van der Waals surface area (Å²) < 4.78 is 0. The van der Waals surface area contributed by atoms with E-state index in [0.29, 0.717) is 5.91 Å². The number of carbonyl (C=O) groups excluding carboxylic acids is 1. The maximum absolute atomic E-state index is 12.4. The topological polar surface area (TPSA) is 24.8 Å². The molecule has 2 aliphatic carbocycles. The van der Waals surface area contributed by atoms with Crippen molar-refractivity contribution >= 4 is 5.91 Å². The zero-order valence-corrected chi connectivity index (χ0v) is 13.6. The van der Waals surface area contributed by atoms with Gasteiger partial charge in [-0.2, -0.15) is 0 Å². The van der Waals surface area contributed by atoms with E-state index in [2.05, 4.69) is 4.90 Å². The lowest BCUT2D eigenvalue weighted by atomic mass is 9.94. The summed E-state index contributed by atoms with van der Waals surface area (Å²) in [6.45, 7) is 4.41. The Morgan fingerprint density at radius 3 is 2.19 bits per heavy atom. The fourth-order valence-corrected chi connectivity index (χ4v) is 4.75. The average molecular weight is 293 g/mol. The van der Waals surface area contributed by atoms with E-state index in [9.17, 15) is 4.79 Å². The minimum absolute atomic E-state index is 0.435. The first kappa shape index (κ1) is 15.3. The van der Waals surface area contributed by atoms with Gasteiger partial charge in [-0.15, -0.1) is 0 Å². The summed E-state index contributed by atoms with van der Waals surface area (Å²) in [6.07, 6.45) is 14.6. The summed E-state index contributed by atoms with van der Waals surface area (Å²) in [5.74, 6) is 1.28. The molecule has 0 unspecified atom stereocenters. The van der Waals surface area contributed by atoms with Gasteiger partial charge >= 0.3 is 0 Å². The van der Waals surface area contributed by atoms with Crippen molar-refractivity contribution in [2.75, 3.05) is 26.2 Å². The smallest absolute Gasteiger partial charge is 0.222 e. The Bertz CT molecular complexity index is 324. The van der Waals surface area contributed by atoms with E-state index in [1.807, 2.05) is 0 Å². The maximum Gasteiger partial charge on any atom is 0.222 e. The average Bonchev–Trinajstić information content (AvgIpc) is 3.07. The molecule has 3 aliphatic rings. The standard InChI is InChI=1S/C18H32N2O/c21-18(11-10-16-6-4-5-7-16)20-14-12-19(13-15-20)17-8-2-1-3-9-17/h16-17H,1-15H2/p+1. The zero-order chi connectivity index (χ0) is 14.5. The minimum atomic E-state index is 0.435. The van der Waals surface area contributed by atoms with E-state index in [-0.39, 0.29) is 0 Å². The van der Waals surface area contributed by atoms with Gasteiger partial charge in [-0.25, -0.2) is 0 Å². The Labute approximate surface area is 130 Å². The van der Waals surface area contributed by atoms with Crippen LogP contribution in [0.2, 0.25) is 0 Å². The number of carbonyl (C=O) groups is 1. The van der Waals surface area contributed by atoms with Crippen molar-refractivity contribution in [3.05, 3.63) is 0 Å². The first-order valence-corrected chi connectivity index (χ1v) is 9.45. The molecule has 0 aromatic rings. The molecule has 0 radical (unpaired) electrons. The number of hydrogen-bond acceptors (Lipinski definition) is 1. The summed E-state index contributed by atoms with van der Waals surface area (Å²) >= 11 is 0. The second kappa shape index (κ2) is 7.62. The lowest BCUT2D eigenvalue weighted by Crippen LogP contribution is -3.18. The fourth-order valence-electron chi connectivity index (χ4n) is 4.75. The largest absolute Gasteiger partial charge is 0.331 e. The Morgan fingerprint density at radius 2 is 1.52 bits per heavy atom. The summed E-state index contributed by atoms with van der Waals surface area (Å²) in [5.41, 5.74) is 0. The van der Waals surface area contributed by atoms with Gasteiger partial charge in [-0.1, -0.05) is 32.1 Å². The van der Waals surface area contributed by atoms with E-state index in [0.717, 1.165) is 37.9 Å². The van der Waals surface area contributed by atoms with Crippen molar-refractivity contribution < 1.29 is 9.69 Å². The number of amides is 1. The molecule has 1 heterocycles. The van der Waals surface area contributed by atoms with Crippen LogP contribution in [0.25, 0.3) is 0 Å². The van der Waals surface area contributed by atoms with Crippen LogP contribution in [0, 0.1) is 5.92 Å². The van der Waals surface area contributed by atoms with Gasteiger partial charge in [0.25, 0.3) is 0 Å². The first-order valence-electron chi connectivity index (χ1n) is 9.45. The van der Waals surface area contributed by atoms with Gasteiger partial charge in [0.2, 0.25) is 5.91 Å². The van der Waals surface area contributed by atoms with Crippen LogP contribution in [0.3, 0.4) is 0 Å². The molecule has 1 aliphatic heterocycles.